The van der Waals surface area contributed by atoms with Gasteiger partial charge in [0, 0.05) is 19.6 Å². The summed E-state index contributed by atoms with van der Waals surface area (Å²) >= 11 is 4.00. The Morgan fingerprint density at radius 1 is 1.43 bits per heavy atom. The molecule has 0 aromatic heterocycles. The number of thiol groups is 1. The Balaban J connectivity index is 2.20. The Kier molecular flexibility index (Phi) is 5.33. The average molecular weight is 217 g/mol. The number of nitrogens with one attached hydrogen (secondary N) is 1. The number of aliphatic hydroxyl groups is 1. The molecule has 0 aliphatic heterocycles. The van der Waals surface area contributed by atoms with Crippen molar-refractivity contribution in [3.63, 3.8) is 0 Å². The molecule has 2 unspecified atom stereocenters. The number of rotatable bonds is 5. The van der Waals surface area contributed by atoms with Crippen LogP contribution in [0.4, 0.5) is 0 Å². The number of aliphatic hydroxyl groups excluding tert-OH is 1. The van der Waals surface area contributed by atoms with E-state index in [2.05, 4.69) is 17.9 Å². The summed E-state index contributed by atoms with van der Waals surface area (Å²) < 4.78 is 0. The van der Waals surface area contributed by atoms with Gasteiger partial charge in [0.2, 0.25) is 5.91 Å². The molecule has 0 spiro atoms. The molecule has 2 atom stereocenters. The highest BCUT2D eigenvalue weighted by Crippen LogP contribution is 2.30. The predicted molar refractivity (Wildman–Crippen MR) is 59.4 cm³/mol. The second-order valence-electron chi connectivity index (χ2n) is 3.91. The van der Waals surface area contributed by atoms with E-state index in [1.54, 1.807) is 0 Å². The maximum Gasteiger partial charge on any atom is 0.220 e. The van der Waals surface area contributed by atoms with Crippen LogP contribution in [0.3, 0.4) is 0 Å². The van der Waals surface area contributed by atoms with Crippen molar-refractivity contribution < 1.29 is 9.90 Å². The third kappa shape index (κ3) is 3.50. The normalized spacial score (nSPS) is 26.4. The van der Waals surface area contributed by atoms with Crippen LogP contribution in [0, 0.1) is 11.8 Å². The van der Waals surface area contributed by atoms with Crippen LogP contribution in [0.25, 0.3) is 0 Å². The average Bonchev–Trinajstić information content (AvgIpc) is 2.62. The molecule has 0 aromatic rings. The Morgan fingerprint density at radius 2 is 2.14 bits per heavy atom. The number of amides is 1. The van der Waals surface area contributed by atoms with E-state index < -0.39 is 0 Å². The van der Waals surface area contributed by atoms with Gasteiger partial charge in [-0.3, -0.25) is 4.79 Å². The van der Waals surface area contributed by atoms with E-state index in [0.29, 0.717) is 24.0 Å². The second kappa shape index (κ2) is 6.30. The van der Waals surface area contributed by atoms with Gasteiger partial charge >= 0.3 is 0 Å². The number of carbonyl (C=O) groups excluding carboxylic acids is 1. The van der Waals surface area contributed by atoms with Gasteiger partial charge in [-0.1, -0.05) is 6.42 Å². The molecule has 0 aromatic carbocycles. The molecule has 82 valence electrons. The first-order valence-electron chi connectivity index (χ1n) is 5.26. The van der Waals surface area contributed by atoms with Crippen molar-refractivity contribution in [3.8, 4) is 0 Å². The number of hydrogen-bond donors (Lipinski definition) is 3. The van der Waals surface area contributed by atoms with Crippen LogP contribution in [-0.2, 0) is 4.79 Å². The second-order valence-corrected chi connectivity index (χ2v) is 4.36. The fourth-order valence-corrected chi connectivity index (χ4v) is 2.26. The third-order valence-electron chi connectivity index (χ3n) is 2.95. The molecule has 14 heavy (non-hydrogen) atoms. The van der Waals surface area contributed by atoms with E-state index in [4.69, 9.17) is 5.11 Å². The van der Waals surface area contributed by atoms with Gasteiger partial charge < -0.3 is 10.4 Å². The summed E-state index contributed by atoms with van der Waals surface area (Å²) in [6, 6.07) is 0. The maximum absolute atomic E-state index is 11.2. The van der Waals surface area contributed by atoms with E-state index in [0.717, 1.165) is 19.4 Å². The van der Waals surface area contributed by atoms with Crippen molar-refractivity contribution in [3.05, 3.63) is 0 Å². The van der Waals surface area contributed by atoms with Crippen LogP contribution >= 0.6 is 12.6 Å². The molecule has 3 nitrogen and oxygen atoms in total. The molecule has 1 rings (SSSR count). The lowest BCUT2D eigenvalue weighted by molar-refractivity contribution is -0.120. The minimum Gasteiger partial charge on any atom is -0.396 e. The van der Waals surface area contributed by atoms with E-state index in [-0.39, 0.29) is 12.5 Å². The molecule has 0 bridgehead atoms. The quantitative estimate of drug-likeness (QED) is 0.597. The maximum atomic E-state index is 11.2. The summed E-state index contributed by atoms with van der Waals surface area (Å²) in [5.74, 6) is 1.54. The predicted octanol–water partition coefficient (Wildman–Crippen LogP) is 0.831. The van der Waals surface area contributed by atoms with Gasteiger partial charge in [0.15, 0.2) is 0 Å². The molecule has 0 saturated heterocycles. The minimum atomic E-state index is 0.0728. The molecule has 4 heteroatoms. The summed E-state index contributed by atoms with van der Waals surface area (Å²) in [5, 5.41) is 12.0. The van der Waals surface area contributed by atoms with Crippen LogP contribution in [0.5, 0.6) is 0 Å². The Labute approximate surface area is 90.7 Å². The summed E-state index contributed by atoms with van der Waals surface area (Å²) in [4.78, 5) is 11.2. The van der Waals surface area contributed by atoms with Crippen LogP contribution in [0.15, 0.2) is 0 Å². The van der Waals surface area contributed by atoms with Gasteiger partial charge in [0.05, 0.1) is 0 Å². The highest BCUT2D eigenvalue weighted by Gasteiger charge is 2.26. The molecular weight excluding hydrogens is 198 g/mol. The van der Waals surface area contributed by atoms with Gasteiger partial charge in [-0.25, -0.2) is 0 Å². The summed E-state index contributed by atoms with van der Waals surface area (Å²) in [6.07, 6.45) is 3.90. The number of hydrogen-bond acceptors (Lipinski definition) is 3. The van der Waals surface area contributed by atoms with Crippen LogP contribution in [0.2, 0.25) is 0 Å². The Bertz CT molecular complexity index is 187. The SMILES string of the molecule is O=C(CCS)NCC1CCCC1CO. The smallest absolute Gasteiger partial charge is 0.220 e. The molecule has 2 N–H and O–H groups in total. The molecular formula is C10H19NO2S. The summed E-state index contributed by atoms with van der Waals surface area (Å²) in [7, 11) is 0. The molecule has 1 aliphatic rings. The van der Waals surface area contributed by atoms with Crippen LogP contribution in [0.1, 0.15) is 25.7 Å². The fraction of sp³-hybridized carbons (Fsp3) is 0.900. The number of carbonyl (C=O) groups is 1. The monoisotopic (exact) mass is 217 g/mol. The third-order valence-corrected chi connectivity index (χ3v) is 3.17. The van der Waals surface area contributed by atoms with Crippen molar-refractivity contribution in [1.29, 1.82) is 0 Å². The van der Waals surface area contributed by atoms with Crippen molar-refractivity contribution >= 4 is 18.5 Å². The Hall–Kier alpha value is -0.220. The van der Waals surface area contributed by atoms with Crippen LogP contribution in [-0.4, -0.2) is 29.9 Å². The van der Waals surface area contributed by atoms with Crippen LogP contribution < -0.4 is 5.32 Å². The summed E-state index contributed by atoms with van der Waals surface area (Å²) in [5.41, 5.74) is 0. The molecule has 1 amide bonds. The van der Waals surface area contributed by atoms with Gasteiger partial charge in [-0.2, -0.15) is 12.6 Å². The molecule has 0 radical (unpaired) electrons. The van der Waals surface area contributed by atoms with E-state index in [1.165, 1.54) is 6.42 Å². The molecule has 0 heterocycles. The zero-order valence-corrected chi connectivity index (χ0v) is 9.30. The first-order valence-corrected chi connectivity index (χ1v) is 5.89. The fourth-order valence-electron chi connectivity index (χ4n) is 2.06. The summed E-state index contributed by atoms with van der Waals surface area (Å²) in [6.45, 7) is 0.977. The highest BCUT2D eigenvalue weighted by atomic mass is 32.1. The van der Waals surface area contributed by atoms with Crippen molar-refractivity contribution in [1.82, 2.24) is 5.32 Å². The van der Waals surface area contributed by atoms with E-state index in [9.17, 15) is 4.79 Å². The zero-order chi connectivity index (χ0) is 10.4. The lowest BCUT2D eigenvalue weighted by Crippen LogP contribution is -2.31. The van der Waals surface area contributed by atoms with Crippen molar-refractivity contribution in [2.75, 3.05) is 18.9 Å². The van der Waals surface area contributed by atoms with Gasteiger partial charge in [-0.05, 0) is 30.4 Å². The van der Waals surface area contributed by atoms with Crippen molar-refractivity contribution in [2.24, 2.45) is 11.8 Å². The molecule has 1 aliphatic carbocycles. The van der Waals surface area contributed by atoms with Gasteiger partial charge in [0.25, 0.3) is 0 Å². The molecule has 1 fully saturated rings. The lowest BCUT2D eigenvalue weighted by Gasteiger charge is -2.17. The van der Waals surface area contributed by atoms with Gasteiger partial charge in [0.1, 0.15) is 0 Å². The zero-order valence-electron chi connectivity index (χ0n) is 8.41. The highest BCUT2D eigenvalue weighted by molar-refractivity contribution is 7.80. The standard InChI is InChI=1S/C10H19NO2S/c12-7-9-3-1-2-8(9)6-11-10(13)4-5-14/h8-9,12,14H,1-7H2,(H,11,13). The topological polar surface area (TPSA) is 49.3 Å². The minimum absolute atomic E-state index is 0.0728. The largest absolute Gasteiger partial charge is 0.396 e. The van der Waals surface area contributed by atoms with Crippen molar-refractivity contribution in [2.45, 2.75) is 25.7 Å². The Morgan fingerprint density at radius 3 is 2.79 bits per heavy atom. The van der Waals surface area contributed by atoms with E-state index in [1.807, 2.05) is 0 Å². The van der Waals surface area contributed by atoms with Gasteiger partial charge in [-0.15, -0.1) is 0 Å². The first-order chi connectivity index (χ1) is 6.77. The lowest BCUT2D eigenvalue weighted by atomic mass is 9.97. The van der Waals surface area contributed by atoms with E-state index >= 15 is 0 Å². The molecule has 1 saturated carbocycles. The first kappa shape index (κ1) is 11.9.